The smallest absolute Gasteiger partial charge is 0.145 e. The van der Waals surface area contributed by atoms with E-state index in [0.29, 0.717) is 0 Å². The van der Waals surface area contributed by atoms with Crippen LogP contribution < -0.4 is 10.5 Å². The maximum atomic E-state index is 6.06. The number of fused-ring (bicyclic) bond motifs is 1. The number of rotatable bonds is 1. The van der Waals surface area contributed by atoms with Gasteiger partial charge in [-0.05, 0) is 17.0 Å². The summed E-state index contributed by atoms with van der Waals surface area (Å²) in [5.74, 6) is 0.785. The second-order valence-corrected chi connectivity index (χ2v) is 5.19. The lowest BCUT2D eigenvalue weighted by molar-refractivity contribution is 0.419. The van der Waals surface area contributed by atoms with Crippen molar-refractivity contribution in [2.24, 2.45) is 0 Å². The fourth-order valence-corrected chi connectivity index (χ4v) is 2.21. The van der Waals surface area contributed by atoms with Gasteiger partial charge in [0.2, 0.25) is 0 Å². The molecule has 3 nitrogen and oxygen atoms in total. The van der Waals surface area contributed by atoms with Gasteiger partial charge in [0.1, 0.15) is 11.3 Å². The van der Waals surface area contributed by atoms with Crippen LogP contribution in [0.15, 0.2) is 24.4 Å². The number of benzene rings is 1. The van der Waals surface area contributed by atoms with Crippen molar-refractivity contribution in [2.75, 3.05) is 12.8 Å². The van der Waals surface area contributed by atoms with Gasteiger partial charge >= 0.3 is 0 Å². The van der Waals surface area contributed by atoms with E-state index < -0.39 is 0 Å². The maximum Gasteiger partial charge on any atom is 0.145 e. The Morgan fingerprint density at radius 1 is 1.24 bits per heavy atom. The maximum absolute atomic E-state index is 6.06. The monoisotopic (exact) mass is 230 g/mol. The Morgan fingerprint density at radius 2 is 1.94 bits per heavy atom. The van der Waals surface area contributed by atoms with E-state index in [4.69, 9.17) is 10.5 Å². The quantitative estimate of drug-likeness (QED) is 0.818. The van der Waals surface area contributed by atoms with Crippen molar-refractivity contribution < 1.29 is 4.74 Å². The number of nitrogens with two attached hydrogens (primary N) is 1. The van der Waals surface area contributed by atoms with Crippen molar-refractivity contribution in [3.63, 3.8) is 0 Å². The zero-order valence-electron chi connectivity index (χ0n) is 10.7. The first-order chi connectivity index (χ1) is 7.95. The normalized spacial score (nSPS) is 11.8. The molecule has 3 heteroatoms. The Kier molecular flexibility index (Phi) is 2.69. The minimum Gasteiger partial charge on any atom is -0.494 e. The first kappa shape index (κ1) is 11.7. The highest BCUT2D eigenvalue weighted by atomic mass is 16.5. The topological polar surface area (TPSA) is 48.1 Å². The first-order valence-corrected chi connectivity index (χ1v) is 5.67. The lowest BCUT2D eigenvalue weighted by Gasteiger charge is -2.23. The predicted molar refractivity (Wildman–Crippen MR) is 71.4 cm³/mol. The van der Waals surface area contributed by atoms with E-state index in [-0.39, 0.29) is 5.41 Å². The van der Waals surface area contributed by atoms with Crippen LogP contribution in [0.25, 0.3) is 10.9 Å². The summed E-state index contributed by atoms with van der Waals surface area (Å²) in [6, 6.07) is 5.93. The molecule has 0 saturated carbocycles. The van der Waals surface area contributed by atoms with Crippen molar-refractivity contribution in [1.29, 1.82) is 0 Å². The van der Waals surface area contributed by atoms with Gasteiger partial charge in [-0.15, -0.1) is 0 Å². The summed E-state index contributed by atoms with van der Waals surface area (Å²) >= 11 is 0. The summed E-state index contributed by atoms with van der Waals surface area (Å²) in [6.45, 7) is 6.45. The molecule has 1 heterocycles. The third-order valence-electron chi connectivity index (χ3n) is 2.86. The van der Waals surface area contributed by atoms with Gasteiger partial charge in [0.25, 0.3) is 0 Å². The van der Waals surface area contributed by atoms with Crippen LogP contribution in [0.1, 0.15) is 26.3 Å². The molecular weight excluding hydrogens is 212 g/mol. The molecule has 0 fully saturated rings. The van der Waals surface area contributed by atoms with Crippen LogP contribution in [0.3, 0.4) is 0 Å². The average molecular weight is 230 g/mol. The largest absolute Gasteiger partial charge is 0.494 e. The minimum atomic E-state index is -0.0162. The van der Waals surface area contributed by atoms with Gasteiger partial charge in [0.15, 0.2) is 0 Å². The summed E-state index contributed by atoms with van der Waals surface area (Å²) in [7, 11) is 1.66. The van der Waals surface area contributed by atoms with E-state index in [9.17, 15) is 0 Å². The van der Waals surface area contributed by atoms with Crippen LogP contribution in [-0.2, 0) is 5.41 Å². The molecule has 0 aliphatic heterocycles. The third kappa shape index (κ3) is 1.93. The number of aromatic nitrogens is 1. The summed E-state index contributed by atoms with van der Waals surface area (Å²) in [5, 5.41) is 1.07. The third-order valence-corrected chi connectivity index (χ3v) is 2.86. The van der Waals surface area contributed by atoms with Gasteiger partial charge in [-0.25, -0.2) is 0 Å². The summed E-state index contributed by atoms with van der Waals surface area (Å²) in [5.41, 5.74) is 8.78. The molecule has 1 aromatic carbocycles. The van der Waals surface area contributed by atoms with Gasteiger partial charge in [-0.2, -0.15) is 0 Å². The predicted octanol–water partition coefficient (Wildman–Crippen LogP) is 3.12. The standard InChI is InChI=1S/C14H18N2O/c1-14(2,3)12-9-6-5-7-11(17-4)13(9)16-8-10(12)15/h5-8H,15H2,1-4H3. The van der Waals surface area contributed by atoms with Crippen molar-refractivity contribution in [3.8, 4) is 5.75 Å². The number of nitrogen functional groups attached to an aromatic ring is 1. The highest BCUT2D eigenvalue weighted by Gasteiger charge is 2.21. The Bertz CT molecular complexity index is 556. The van der Waals surface area contributed by atoms with Crippen molar-refractivity contribution in [1.82, 2.24) is 4.98 Å². The van der Waals surface area contributed by atoms with E-state index >= 15 is 0 Å². The van der Waals surface area contributed by atoms with Gasteiger partial charge in [-0.3, -0.25) is 4.98 Å². The molecule has 2 rings (SSSR count). The van der Waals surface area contributed by atoms with Crippen molar-refractivity contribution >= 4 is 16.6 Å². The van der Waals surface area contributed by atoms with Gasteiger partial charge < -0.3 is 10.5 Å². The molecule has 0 radical (unpaired) electrons. The van der Waals surface area contributed by atoms with E-state index in [1.807, 2.05) is 18.2 Å². The van der Waals surface area contributed by atoms with Gasteiger partial charge in [0.05, 0.1) is 19.0 Å². The molecule has 90 valence electrons. The first-order valence-electron chi connectivity index (χ1n) is 5.67. The summed E-state index contributed by atoms with van der Waals surface area (Å²) in [4.78, 5) is 4.38. The molecule has 0 aliphatic carbocycles. The van der Waals surface area contributed by atoms with E-state index in [1.165, 1.54) is 0 Å². The van der Waals surface area contributed by atoms with E-state index in [1.54, 1.807) is 13.3 Å². The number of pyridine rings is 1. The molecule has 2 N–H and O–H groups in total. The molecule has 1 aromatic heterocycles. The van der Waals surface area contributed by atoms with Crippen LogP contribution >= 0.6 is 0 Å². The zero-order chi connectivity index (χ0) is 12.6. The molecule has 0 saturated heterocycles. The van der Waals surface area contributed by atoms with Crippen molar-refractivity contribution in [3.05, 3.63) is 30.0 Å². The van der Waals surface area contributed by atoms with Crippen LogP contribution in [0.2, 0.25) is 0 Å². The van der Waals surface area contributed by atoms with Gasteiger partial charge in [-0.1, -0.05) is 32.9 Å². The SMILES string of the molecule is COc1cccc2c(C(C)(C)C)c(N)cnc12. The summed E-state index contributed by atoms with van der Waals surface area (Å²) in [6.07, 6.45) is 1.71. The second-order valence-electron chi connectivity index (χ2n) is 5.19. The Labute approximate surface area is 102 Å². The summed E-state index contributed by atoms with van der Waals surface area (Å²) < 4.78 is 5.33. The lowest BCUT2D eigenvalue weighted by Crippen LogP contribution is -2.15. The second kappa shape index (κ2) is 3.91. The number of ether oxygens (including phenoxy) is 1. The van der Waals surface area contributed by atoms with Crippen LogP contribution in [0.4, 0.5) is 5.69 Å². The zero-order valence-corrected chi connectivity index (χ0v) is 10.7. The fourth-order valence-electron chi connectivity index (χ4n) is 2.21. The van der Waals surface area contributed by atoms with E-state index in [0.717, 1.165) is 27.9 Å². The number of para-hydroxylation sites is 1. The van der Waals surface area contributed by atoms with E-state index in [2.05, 4.69) is 25.8 Å². The van der Waals surface area contributed by atoms with Crippen LogP contribution in [0.5, 0.6) is 5.75 Å². The molecule has 0 unspecified atom stereocenters. The molecule has 17 heavy (non-hydrogen) atoms. The molecular formula is C14H18N2O. The number of methoxy groups -OCH3 is 1. The average Bonchev–Trinajstić information content (AvgIpc) is 2.25. The molecule has 0 atom stereocenters. The minimum absolute atomic E-state index is 0.0162. The molecule has 2 aromatic rings. The van der Waals surface area contributed by atoms with Gasteiger partial charge in [0, 0.05) is 5.39 Å². The lowest BCUT2D eigenvalue weighted by atomic mass is 9.84. The Balaban J connectivity index is 2.87. The highest BCUT2D eigenvalue weighted by molar-refractivity contribution is 5.91. The highest BCUT2D eigenvalue weighted by Crippen LogP contribution is 2.36. The number of nitrogens with zero attached hydrogens (tertiary/aromatic N) is 1. The van der Waals surface area contributed by atoms with Crippen LogP contribution in [-0.4, -0.2) is 12.1 Å². The molecule has 0 amide bonds. The number of hydrogen-bond acceptors (Lipinski definition) is 3. The Hall–Kier alpha value is -1.77. The van der Waals surface area contributed by atoms with Crippen LogP contribution in [0, 0.1) is 0 Å². The molecule has 0 spiro atoms. The fraction of sp³-hybridized carbons (Fsp3) is 0.357. The number of hydrogen-bond donors (Lipinski definition) is 1. The number of anilines is 1. The Morgan fingerprint density at radius 3 is 2.53 bits per heavy atom. The molecule has 0 aliphatic rings. The van der Waals surface area contributed by atoms with Crippen molar-refractivity contribution in [2.45, 2.75) is 26.2 Å². The molecule has 0 bridgehead atoms.